The number of rotatable bonds is 10. The zero-order valence-electron chi connectivity index (χ0n) is 9.43. The van der Waals surface area contributed by atoms with E-state index in [1.807, 2.05) is 0 Å². The van der Waals surface area contributed by atoms with Gasteiger partial charge in [-0.2, -0.15) is 0 Å². The van der Waals surface area contributed by atoms with Crippen molar-refractivity contribution in [3.8, 4) is 0 Å². The molecule has 0 unspecified atom stereocenters. The van der Waals surface area contributed by atoms with Crippen LogP contribution in [0.5, 0.6) is 0 Å². The van der Waals surface area contributed by atoms with Crippen molar-refractivity contribution < 1.29 is 9.90 Å². The molecule has 0 amide bonds. The van der Waals surface area contributed by atoms with E-state index in [0.717, 1.165) is 12.8 Å². The topological polar surface area (TPSA) is 37.3 Å². The molecule has 0 aliphatic rings. The Morgan fingerprint density at radius 2 is 1.19 bits per heavy atom. The minimum absolute atomic E-state index is 0. The summed E-state index contributed by atoms with van der Waals surface area (Å²) in [6.45, 7) is 2.23. The van der Waals surface area contributed by atoms with Gasteiger partial charge in [0.15, 0.2) is 0 Å². The fourth-order valence-electron chi connectivity index (χ4n) is 1.59. The normalized spacial score (nSPS) is 9.06. The maximum atomic E-state index is 10.2. The molecule has 0 aliphatic carbocycles. The van der Waals surface area contributed by atoms with Crippen molar-refractivity contribution in [2.45, 2.75) is 71.1 Å². The van der Waals surface area contributed by atoms with Crippen LogP contribution in [0.25, 0.3) is 0 Å². The average Bonchev–Trinajstić information content (AvgIpc) is 2.15. The van der Waals surface area contributed by atoms with Crippen LogP contribution in [0.1, 0.15) is 71.1 Å². The summed E-state index contributed by atoms with van der Waals surface area (Å²) < 4.78 is 0. The van der Waals surface area contributed by atoms with Gasteiger partial charge < -0.3 is 5.11 Å². The Morgan fingerprint density at radius 1 is 0.812 bits per heavy atom. The second-order valence-corrected chi connectivity index (χ2v) is 3.97. The molecule has 0 saturated carbocycles. The number of carboxylic acid groups (broad SMARTS) is 1. The van der Waals surface area contributed by atoms with Gasteiger partial charge in [0, 0.05) is 6.42 Å². The molecular formula is C12H26Na2O2. The van der Waals surface area contributed by atoms with Crippen LogP contribution in [-0.4, -0.2) is 70.2 Å². The molecule has 1 N–H and O–H groups in total. The van der Waals surface area contributed by atoms with Gasteiger partial charge in [-0.15, -0.1) is 0 Å². The first-order valence-electron chi connectivity index (χ1n) is 5.99. The molecule has 0 aromatic carbocycles. The molecule has 0 saturated heterocycles. The van der Waals surface area contributed by atoms with Crippen LogP contribution >= 0.6 is 0 Å². The first kappa shape index (κ1) is 22.6. The number of hydrogen-bond donors (Lipinski definition) is 1. The number of carboxylic acids is 1. The molecule has 4 heteroatoms. The van der Waals surface area contributed by atoms with Crippen molar-refractivity contribution in [1.82, 2.24) is 0 Å². The molecule has 0 spiro atoms. The Hall–Kier alpha value is 1.47. The number of aliphatic carboxylic acids is 1. The molecule has 88 valence electrons. The van der Waals surface area contributed by atoms with Gasteiger partial charge in [-0.25, -0.2) is 0 Å². The molecule has 0 aliphatic heterocycles. The van der Waals surface area contributed by atoms with Gasteiger partial charge >= 0.3 is 65.1 Å². The predicted octanol–water partition coefficient (Wildman–Crippen LogP) is 2.69. The first-order chi connectivity index (χ1) is 6.77. The van der Waals surface area contributed by atoms with Crippen molar-refractivity contribution in [3.63, 3.8) is 0 Å². The number of carbonyl (C=O) groups is 1. The van der Waals surface area contributed by atoms with Gasteiger partial charge in [0.25, 0.3) is 0 Å². The summed E-state index contributed by atoms with van der Waals surface area (Å²) in [5.41, 5.74) is 0. The average molecular weight is 248 g/mol. The van der Waals surface area contributed by atoms with Crippen molar-refractivity contribution in [3.05, 3.63) is 0 Å². The third-order valence-electron chi connectivity index (χ3n) is 2.49. The summed E-state index contributed by atoms with van der Waals surface area (Å²) in [6, 6.07) is 0. The van der Waals surface area contributed by atoms with Crippen LogP contribution in [-0.2, 0) is 4.79 Å². The Morgan fingerprint density at radius 3 is 1.56 bits per heavy atom. The van der Waals surface area contributed by atoms with Crippen molar-refractivity contribution >= 4 is 65.1 Å². The van der Waals surface area contributed by atoms with Crippen molar-refractivity contribution in [1.29, 1.82) is 0 Å². The zero-order valence-corrected chi connectivity index (χ0v) is 9.43. The van der Waals surface area contributed by atoms with Crippen LogP contribution in [0.2, 0.25) is 0 Å². The summed E-state index contributed by atoms with van der Waals surface area (Å²) >= 11 is 0. The zero-order chi connectivity index (χ0) is 10.6. The van der Waals surface area contributed by atoms with E-state index < -0.39 is 5.97 Å². The molecule has 0 atom stereocenters. The summed E-state index contributed by atoms with van der Waals surface area (Å²) in [7, 11) is 0. The standard InChI is InChI=1S/C12H24O2.2Na.2H/c1-2-3-4-5-6-7-8-9-10-11-12(13)14;;;;/h2-11H2,1H3,(H,13,14);;;;. The van der Waals surface area contributed by atoms with Crippen LogP contribution in [0.15, 0.2) is 0 Å². The summed E-state index contributed by atoms with van der Waals surface area (Å²) in [5.74, 6) is -0.659. The molecule has 0 aromatic heterocycles. The molecule has 16 heavy (non-hydrogen) atoms. The first-order valence-corrected chi connectivity index (χ1v) is 5.99. The molecule has 0 bridgehead atoms. The van der Waals surface area contributed by atoms with E-state index in [2.05, 4.69) is 6.92 Å². The molecule has 0 fully saturated rings. The summed E-state index contributed by atoms with van der Waals surface area (Å²) in [4.78, 5) is 10.2. The molecule has 0 rings (SSSR count). The Kier molecular flexibility index (Phi) is 26.6. The van der Waals surface area contributed by atoms with Crippen LogP contribution in [0.4, 0.5) is 0 Å². The van der Waals surface area contributed by atoms with E-state index in [0.29, 0.717) is 6.42 Å². The van der Waals surface area contributed by atoms with Gasteiger partial charge in [-0.3, -0.25) is 4.79 Å². The fraction of sp³-hybridized carbons (Fsp3) is 0.917. The van der Waals surface area contributed by atoms with Gasteiger partial charge in [0.2, 0.25) is 0 Å². The van der Waals surface area contributed by atoms with Gasteiger partial charge in [-0.1, -0.05) is 58.3 Å². The second kappa shape index (κ2) is 18.8. The third kappa shape index (κ3) is 20.8. The summed E-state index contributed by atoms with van der Waals surface area (Å²) in [5, 5.41) is 8.41. The maximum absolute atomic E-state index is 10.2. The van der Waals surface area contributed by atoms with Gasteiger partial charge in [-0.05, 0) is 6.42 Å². The van der Waals surface area contributed by atoms with Crippen molar-refractivity contribution in [2.75, 3.05) is 0 Å². The van der Waals surface area contributed by atoms with Gasteiger partial charge in [0.05, 0.1) is 0 Å². The molecule has 0 radical (unpaired) electrons. The number of unbranched alkanes of at least 4 members (excludes halogenated alkanes) is 8. The predicted molar refractivity (Wildman–Crippen MR) is 73.8 cm³/mol. The molecule has 2 nitrogen and oxygen atoms in total. The Bertz CT molecular complexity index is 141. The Balaban J connectivity index is -0.000000845. The van der Waals surface area contributed by atoms with Gasteiger partial charge in [0.1, 0.15) is 0 Å². The van der Waals surface area contributed by atoms with Crippen molar-refractivity contribution in [2.24, 2.45) is 0 Å². The molecule has 0 heterocycles. The Labute approximate surface area is 145 Å². The monoisotopic (exact) mass is 248 g/mol. The molecule has 0 aromatic rings. The van der Waals surface area contributed by atoms with E-state index in [4.69, 9.17) is 5.11 Å². The third-order valence-corrected chi connectivity index (χ3v) is 2.49. The SMILES string of the molecule is CCCCCCCCCCCC(=O)O.[NaH].[NaH]. The van der Waals surface area contributed by atoms with E-state index in [1.54, 1.807) is 0 Å². The van der Waals surface area contributed by atoms with Crippen LogP contribution in [0, 0.1) is 0 Å². The second-order valence-electron chi connectivity index (χ2n) is 3.97. The summed E-state index contributed by atoms with van der Waals surface area (Å²) in [6.07, 6.45) is 11.5. The van der Waals surface area contributed by atoms with Crippen LogP contribution < -0.4 is 0 Å². The van der Waals surface area contributed by atoms with E-state index >= 15 is 0 Å². The van der Waals surface area contributed by atoms with Crippen LogP contribution in [0.3, 0.4) is 0 Å². The molecular weight excluding hydrogens is 222 g/mol. The fourth-order valence-corrected chi connectivity index (χ4v) is 1.59. The van der Waals surface area contributed by atoms with E-state index in [-0.39, 0.29) is 59.1 Å². The quantitative estimate of drug-likeness (QED) is 0.477. The number of hydrogen-bond acceptors (Lipinski definition) is 1. The minimum atomic E-state index is -0.659. The van der Waals surface area contributed by atoms with E-state index in [1.165, 1.54) is 44.9 Å². The van der Waals surface area contributed by atoms with E-state index in [9.17, 15) is 4.79 Å².